The van der Waals surface area contributed by atoms with E-state index < -0.39 is 35.5 Å². The number of nitrogens with zero attached hydrogens (tertiary/aromatic N) is 1. The molecule has 2 aromatic carbocycles. The van der Waals surface area contributed by atoms with E-state index in [2.05, 4.69) is 0 Å². The van der Waals surface area contributed by atoms with Crippen LogP contribution in [0.2, 0.25) is 0 Å². The van der Waals surface area contributed by atoms with Crippen LogP contribution in [0.15, 0.2) is 72.8 Å². The molecule has 2 fully saturated rings. The number of hydrogen-bond acceptors (Lipinski definition) is 5. The number of rotatable bonds is 5. The minimum absolute atomic E-state index is 0.0643. The lowest BCUT2D eigenvalue weighted by Gasteiger charge is -2.44. The largest absolute Gasteiger partial charge is 0.469 e. The van der Waals surface area contributed by atoms with E-state index in [-0.39, 0.29) is 23.7 Å². The van der Waals surface area contributed by atoms with E-state index in [1.54, 1.807) is 0 Å². The van der Waals surface area contributed by atoms with E-state index in [1.165, 1.54) is 12.0 Å². The van der Waals surface area contributed by atoms with Crippen molar-refractivity contribution in [3.05, 3.63) is 83.9 Å². The summed E-state index contributed by atoms with van der Waals surface area (Å²) in [5.41, 5.74) is 0.458. The number of cyclic esters (lactones) is 1. The zero-order valence-electron chi connectivity index (χ0n) is 20.3. The summed E-state index contributed by atoms with van der Waals surface area (Å²) in [6.07, 6.45) is 5.03. The molecule has 2 amide bonds. The van der Waals surface area contributed by atoms with Gasteiger partial charge in [-0.1, -0.05) is 86.7 Å². The number of imide groups is 1. The van der Waals surface area contributed by atoms with Crippen LogP contribution in [0.3, 0.4) is 0 Å². The standard InChI is InChI=1S/C29H31NO5/c1-18(2)25-29(21-10-6-4-7-11-21,22-12-8-5-9-13-22)35-28(33)30(25)26(31)23-19-14-16-20(17-15-19)24(23)27(32)34-3/h4-14,16,18-20,23-25H,15,17H2,1-3H3/t19-,20+,23-,24+,25-/m0/s1. The molecule has 6 nitrogen and oxygen atoms in total. The number of carbonyl (C=O) groups excluding carboxylic acids is 3. The molecule has 5 atom stereocenters. The Kier molecular flexibility index (Phi) is 5.99. The lowest BCUT2D eigenvalue weighted by atomic mass is 9.61. The first-order valence-corrected chi connectivity index (χ1v) is 12.3. The molecular formula is C29H31NO5. The molecule has 1 saturated heterocycles. The summed E-state index contributed by atoms with van der Waals surface area (Å²) >= 11 is 0. The minimum Gasteiger partial charge on any atom is -0.469 e. The quantitative estimate of drug-likeness (QED) is 0.455. The number of ether oxygens (including phenoxy) is 2. The second-order valence-corrected chi connectivity index (χ2v) is 10.1. The van der Waals surface area contributed by atoms with Crippen LogP contribution < -0.4 is 0 Å². The lowest BCUT2D eigenvalue weighted by Crippen LogP contribution is -2.55. The number of hydrogen-bond donors (Lipinski definition) is 0. The van der Waals surface area contributed by atoms with E-state index in [4.69, 9.17) is 9.47 Å². The van der Waals surface area contributed by atoms with Crippen molar-refractivity contribution in [2.75, 3.05) is 7.11 Å². The molecule has 0 unspecified atom stereocenters. The van der Waals surface area contributed by atoms with Crippen molar-refractivity contribution in [1.29, 1.82) is 0 Å². The Balaban J connectivity index is 1.64. The summed E-state index contributed by atoms with van der Waals surface area (Å²) < 4.78 is 11.4. The zero-order chi connectivity index (χ0) is 24.7. The molecule has 4 aliphatic rings. The molecule has 35 heavy (non-hydrogen) atoms. The Morgan fingerprint density at radius 3 is 1.89 bits per heavy atom. The second-order valence-electron chi connectivity index (χ2n) is 10.1. The van der Waals surface area contributed by atoms with Gasteiger partial charge >= 0.3 is 12.1 Å². The summed E-state index contributed by atoms with van der Waals surface area (Å²) in [7, 11) is 1.35. The zero-order valence-corrected chi connectivity index (χ0v) is 20.3. The smallest absolute Gasteiger partial charge is 0.418 e. The molecule has 1 heterocycles. The summed E-state index contributed by atoms with van der Waals surface area (Å²) in [4.78, 5) is 42.0. The molecule has 1 aliphatic heterocycles. The van der Waals surface area contributed by atoms with Gasteiger partial charge in [0, 0.05) is 11.1 Å². The molecule has 0 aromatic heterocycles. The Morgan fingerprint density at radius 2 is 1.43 bits per heavy atom. The predicted molar refractivity (Wildman–Crippen MR) is 130 cm³/mol. The third-order valence-electron chi connectivity index (χ3n) is 7.92. The lowest BCUT2D eigenvalue weighted by molar-refractivity contribution is -0.159. The fourth-order valence-electron chi connectivity index (χ4n) is 6.48. The van der Waals surface area contributed by atoms with Crippen molar-refractivity contribution in [3.8, 4) is 0 Å². The van der Waals surface area contributed by atoms with Gasteiger partial charge < -0.3 is 9.47 Å². The number of methoxy groups -OCH3 is 1. The van der Waals surface area contributed by atoms with E-state index in [1.807, 2.05) is 86.7 Å². The summed E-state index contributed by atoms with van der Waals surface area (Å²) in [6.45, 7) is 4.00. The van der Waals surface area contributed by atoms with Gasteiger partial charge in [-0.3, -0.25) is 9.59 Å². The first kappa shape index (κ1) is 23.3. The van der Waals surface area contributed by atoms with Gasteiger partial charge in [-0.05, 0) is 30.6 Å². The predicted octanol–water partition coefficient (Wildman–Crippen LogP) is 4.94. The van der Waals surface area contributed by atoms with Crippen molar-refractivity contribution < 1.29 is 23.9 Å². The molecule has 2 aromatic rings. The molecule has 0 radical (unpaired) electrons. The number of fused-ring (bicyclic) bond motifs is 2. The minimum atomic E-state index is -1.16. The van der Waals surface area contributed by atoms with Gasteiger partial charge in [0.1, 0.15) is 0 Å². The van der Waals surface area contributed by atoms with Gasteiger partial charge in [-0.15, -0.1) is 0 Å². The van der Waals surface area contributed by atoms with Crippen molar-refractivity contribution in [3.63, 3.8) is 0 Å². The number of amides is 2. The Morgan fingerprint density at radius 1 is 0.914 bits per heavy atom. The summed E-state index contributed by atoms with van der Waals surface area (Å²) in [5.74, 6) is -2.28. The molecule has 182 valence electrons. The molecule has 0 spiro atoms. The molecule has 2 bridgehead atoms. The normalized spacial score (nSPS) is 28.7. The van der Waals surface area contributed by atoms with Crippen LogP contribution in [0.1, 0.15) is 37.8 Å². The number of carbonyl (C=O) groups is 3. The van der Waals surface area contributed by atoms with Gasteiger partial charge in [0.15, 0.2) is 5.60 Å². The average Bonchev–Trinajstić information content (AvgIpc) is 3.23. The van der Waals surface area contributed by atoms with E-state index in [0.29, 0.717) is 0 Å². The van der Waals surface area contributed by atoms with Gasteiger partial charge in [0.25, 0.3) is 0 Å². The fraction of sp³-hybridized carbons (Fsp3) is 0.414. The highest BCUT2D eigenvalue weighted by Crippen LogP contribution is 2.51. The van der Waals surface area contributed by atoms with Gasteiger partial charge in [0.2, 0.25) is 5.91 Å². The van der Waals surface area contributed by atoms with Crippen LogP contribution in [0.5, 0.6) is 0 Å². The van der Waals surface area contributed by atoms with Crippen molar-refractivity contribution in [2.24, 2.45) is 29.6 Å². The highest BCUT2D eigenvalue weighted by Gasteiger charge is 2.62. The van der Waals surface area contributed by atoms with Crippen LogP contribution in [-0.4, -0.2) is 36.0 Å². The van der Waals surface area contributed by atoms with Crippen LogP contribution in [-0.2, 0) is 24.7 Å². The molecule has 6 heteroatoms. The van der Waals surface area contributed by atoms with E-state index in [9.17, 15) is 14.4 Å². The molecule has 1 saturated carbocycles. The Hall–Kier alpha value is -3.41. The monoisotopic (exact) mass is 473 g/mol. The third kappa shape index (κ3) is 3.58. The average molecular weight is 474 g/mol. The van der Waals surface area contributed by atoms with Gasteiger partial charge in [-0.2, -0.15) is 0 Å². The summed E-state index contributed by atoms with van der Waals surface area (Å²) in [5, 5.41) is 0. The topological polar surface area (TPSA) is 72.9 Å². The van der Waals surface area contributed by atoms with Gasteiger partial charge in [0.05, 0.1) is 25.0 Å². The Bertz CT molecular complexity index is 1100. The van der Waals surface area contributed by atoms with Crippen LogP contribution in [0.25, 0.3) is 0 Å². The third-order valence-corrected chi connectivity index (χ3v) is 7.92. The van der Waals surface area contributed by atoms with Crippen molar-refractivity contribution in [1.82, 2.24) is 4.90 Å². The van der Waals surface area contributed by atoms with Gasteiger partial charge in [-0.25, -0.2) is 9.69 Å². The SMILES string of the molecule is COC(=O)[C@H]1[C@@H](C(=O)N2C(=O)OC(c3ccccc3)(c3ccccc3)[C@@H]2C(C)C)[C@H]2C=C[C@@H]1CC2. The highest BCUT2D eigenvalue weighted by molar-refractivity contribution is 5.98. The first-order chi connectivity index (χ1) is 16.9. The number of benzene rings is 2. The van der Waals surface area contributed by atoms with E-state index in [0.717, 1.165) is 24.0 Å². The van der Waals surface area contributed by atoms with Crippen molar-refractivity contribution in [2.45, 2.75) is 38.3 Å². The number of allylic oxidation sites excluding steroid dienone is 2. The van der Waals surface area contributed by atoms with E-state index >= 15 is 0 Å². The maximum absolute atomic E-state index is 14.3. The Labute approximate surface area is 205 Å². The molecule has 3 aliphatic carbocycles. The molecule has 6 rings (SSSR count). The molecule has 0 N–H and O–H groups in total. The number of esters is 1. The van der Waals surface area contributed by atoms with Crippen molar-refractivity contribution >= 4 is 18.0 Å². The molecular weight excluding hydrogens is 442 g/mol. The van der Waals surface area contributed by atoms with Crippen LogP contribution in [0, 0.1) is 29.6 Å². The maximum atomic E-state index is 14.3. The van der Waals surface area contributed by atoms with Crippen LogP contribution >= 0.6 is 0 Å². The fourth-order valence-corrected chi connectivity index (χ4v) is 6.48. The first-order valence-electron chi connectivity index (χ1n) is 12.3. The second kappa shape index (κ2) is 8.99. The summed E-state index contributed by atoms with van der Waals surface area (Å²) in [6, 6.07) is 18.6. The van der Waals surface area contributed by atoms with Crippen LogP contribution in [0.4, 0.5) is 4.79 Å². The highest BCUT2D eigenvalue weighted by atomic mass is 16.6. The maximum Gasteiger partial charge on any atom is 0.418 e.